The highest BCUT2D eigenvalue weighted by molar-refractivity contribution is 5.80. The summed E-state index contributed by atoms with van der Waals surface area (Å²) in [5, 5.41) is 6.91. The Balaban J connectivity index is 1.43. The maximum Gasteiger partial charge on any atom is 0.191 e. The third kappa shape index (κ3) is 6.42. The van der Waals surface area contributed by atoms with E-state index in [-0.39, 0.29) is 0 Å². The summed E-state index contributed by atoms with van der Waals surface area (Å²) in [7, 11) is 1.72. The molecular formula is C22H32N4O3. The first kappa shape index (κ1) is 21.0. The number of benzene rings is 1. The highest BCUT2D eigenvalue weighted by atomic mass is 16.5. The molecule has 0 radical (unpaired) electrons. The molecule has 0 saturated carbocycles. The fourth-order valence-corrected chi connectivity index (χ4v) is 3.43. The van der Waals surface area contributed by atoms with Crippen molar-refractivity contribution in [3.63, 3.8) is 0 Å². The molecule has 0 bridgehead atoms. The van der Waals surface area contributed by atoms with Crippen molar-refractivity contribution < 1.29 is 13.9 Å². The van der Waals surface area contributed by atoms with Gasteiger partial charge in [0.15, 0.2) is 5.96 Å². The quantitative estimate of drug-likeness (QED) is 0.363. The fraction of sp³-hybridized carbons (Fsp3) is 0.500. The van der Waals surface area contributed by atoms with Gasteiger partial charge in [-0.25, -0.2) is 0 Å². The molecule has 1 aliphatic rings. The molecule has 1 aromatic heterocycles. The van der Waals surface area contributed by atoms with Crippen LogP contribution in [0.1, 0.15) is 25.5 Å². The standard InChI is InChI=1S/C22H32N4O3/c1-3-23-22(24-12-7-14-28-17-19-8-6-15-29-19)25-18-11-13-26(16-18)20-9-4-5-10-21(20)27-2/h4-6,8-10,15,18H,3,7,11-14,16-17H2,1-2H3,(H2,23,24,25). The van der Waals surface area contributed by atoms with Crippen molar-refractivity contribution in [3.05, 3.63) is 48.4 Å². The number of guanidine groups is 1. The summed E-state index contributed by atoms with van der Waals surface area (Å²) >= 11 is 0. The molecule has 3 rings (SSSR count). The van der Waals surface area contributed by atoms with Gasteiger partial charge in [-0.3, -0.25) is 4.99 Å². The van der Waals surface area contributed by atoms with Crippen LogP contribution in [0.25, 0.3) is 0 Å². The number of anilines is 1. The number of para-hydroxylation sites is 2. The summed E-state index contributed by atoms with van der Waals surface area (Å²) in [5.41, 5.74) is 1.15. The van der Waals surface area contributed by atoms with E-state index in [2.05, 4.69) is 34.6 Å². The Kier molecular flexibility index (Phi) is 8.25. The van der Waals surface area contributed by atoms with Crippen LogP contribution in [-0.4, -0.2) is 51.9 Å². The molecule has 1 fully saturated rings. The summed E-state index contributed by atoms with van der Waals surface area (Å²) in [6.45, 7) is 6.74. The second kappa shape index (κ2) is 11.4. The number of rotatable bonds is 10. The molecule has 7 heteroatoms. The molecule has 1 unspecified atom stereocenters. The van der Waals surface area contributed by atoms with Crippen molar-refractivity contribution in [1.29, 1.82) is 0 Å². The lowest BCUT2D eigenvalue weighted by molar-refractivity contribution is 0.105. The van der Waals surface area contributed by atoms with Crippen molar-refractivity contribution in [3.8, 4) is 5.75 Å². The summed E-state index contributed by atoms with van der Waals surface area (Å²) < 4.78 is 16.4. The first-order valence-electron chi connectivity index (χ1n) is 10.3. The molecule has 29 heavy (non-hydrogen) atoms. The lowest BCUT2D eigenvalue weighted by atomic mass is 10.2. The van der Waals surface area contributed by atoms with Crippen LogP contribution >= 0.6 is 0 Å². The SMILES string of the molecule is CCNC(=NCCCOCc1ccco1)NC1CCN(c2ccccc2OC)C1. The predicted molar refractivity (Wildman–Crippen MR) is 116 cm³/mol. The lowest BCUT2D eigenvalue weighted by Gasteiger charge is -2.22. The molecule has 0 spiro atoms. The van der Waals surface area contributed by atoms with E-state index in [0.717, 1.165) is 62.2 Å². The van der Waals surface area contributed by atoms with E-state index in [1.807, 2.05) is 24.3 Å². The van der Waals surface area contributed by atoms with Crippen LogP contribution in [0.2, 0.25) is 0 Å². The number of furan rings is 1. The van der Waals surface area contributed by atoms with Crippen LogP contribution in [0.4, 0.5) is 5.69 Å². The molecule has 1 aromatic carbocycles. The molecule has 0 aliphatic carbocycles. The minimum atomic E-state index is 0.355. The van der Waals surface area contributed by atoms with E-state index in [4.69, 9.17) is 18.9 Å². The number of aliphatic imine (C=N–C) groups is 1. The van der Waals surface area contributed by atoms with Gasteiger partial charge in [0.05, 0.1) is 19.1 Å². The first-order valence-corrected chi connectivity index (χ1v) is 10.3. The van der Waals surface area contributed by atoms with Gasteiger partial charge in [0, 0.05) is 38.8 Å². The van der Waals surface area contributed by atoms with E-state index >= 15 is 0 Å². The second-order valence-corrected chi connectivity index (χ2v) is 6.99. The number of hydrogen-bond acceptors (Lipinski definition) is 5. The fourth-order valence-electron chi connectivity index (χ4n) is 3.43. The minimum Gasteiger partial charge on any atom is -0.495 e. The van der Waals surface area contributed by atoms with Crippen LogP contribution in [0.5, 0.6) is 5.75 Å². The van der Waals surface area contributed by atoms with E-state index in [0.29, 0.717) is 19.3 Å². The molecular weight excluding hydrogens is 368 g/mol. The number of nitrogens with one attached hydrogen (secondary N) is 2. The number of ether oxygens (including phenoxy) is 2. The number of nitrogens with zero attached hydrogens (tertiary/aromatic N) is 2. The second-order valence-electron chi connectivity index (χ2n) is 6.99. The maximum atomic E-state index is 5.62. The largest absolute Gasteiger partial charge is 0.495 e. The average Bonchev–Trinajstić information content (AvgIpc) is 3.43. The normalized spacial score (nSPS) is 16.8. The Morgan fingerprint density at radius 1 is 1.28 bits per heavy atom. The third-order valence-electron chi connectivity index (χ3n) is 4.84. The highest BCUT2D eigenvalue weighted by Gasteiger charge is 2.25. The zero-order valence-electron chi connectivity index (χ0n) is 17.4. The van der Waals surface area contributed by atoms with Crippen molar-refractivity contribution in [2.75, 3.05) is 44.8 Å². The highest BCUT2D eigenvalue weighted by Crippen LogP contribution is 2.30. The summed E-state index contributed by atoms with van der Waals surface area (Å²) in [6.07, 6.45) is 3.60. The Labute approximate surface area is 173 Å². The van der Waals surface area contributed by atoms with Gasteiger partial charge in [-0.1, -0.05) is 12.1 Å². The van der Waals surface area contributed by atoms with E-state index in [9.17, 15) is 0 Å². The van der Waals surface area contributed by atoms with Gasteiger partial charge in [-0.2, -0.15) is 0 Å². The van der Waals surface area contributed by atoms with E-state index < -0.39 is 0 Å². The van der Waals surface area contributed by atoms with Gasteiger partial charge in [-0.05, 0) is 44.0 Å². The smallest absolute Gasteiger partial charge is 0.191 e. The van der Waals surface area contributed by atoms with Crippen LogP contribution in [0.15, 0.2) is 52.1 Å². The van der Waals surface area contributed by atoms with Crippen molar-refractivity contribution in [2.45, 2.75) is 32.4 Å². The molecule has 0 amide bonds. The molecule has 2 aromatic rings. The summed E-state index contributed by atoms with van der Waals surface area (Å²) in [4.78, 5) is 7.05. The zero-order valence-corrected chi connectivity index (χ0v) is 17.4. The first-order chi connectivity index (χ1) is 14.3. The summed E-state index contributed by atoms with van der Waals surface area (Å²) in [5.74, 6) is 2.64. The van der Waals surface area contributed by atoms with Crippen LogP contribution in [0.3, 0.4) is 0 Å². The molecule has 1 atom stereocenters. The predicted octanol–water partition coefficient (Wildman–Crippen LogP) is 3.03. The molecule has 158 valence electrons. The molecule has 2 N–H and O–H groups in total. The molecule has 7 nitrogen and oxygen atoms in total. The Hall–Kier alpha value is -2.67. The molecule has 1 aliphatic heterocycles. The van der Waals surface area contributed by atoms with Gasteiger partial charge in [-0.15, -0.1) is 0 Å². The van der Waals surface area contributed by atoms with Gasteiger partial charge in [0.25, 0.3) is 0 Å². The van der Waals surface area contributed by atoms with Crippen molar-refractivity contribution >= 4 is 11.6 Å². The molecule has 2 heterocycles. The van der Waals surface area contributed by atoms with Gasteiger partial charge < -0.3 is 29.4 Å². The topological polar surface area (TPSA) is 71.3 Å². The average molecular weight is 401 g/mol. The number of hydrogen-bond donors (Lipinski definition) is 2. The Morgan fingerprint density at radius 2 is 2.17 bits per heavy atom. The van der Waals surface area contributed by atoms with Gasteiger partial charge in [0.2, 0.25) is 0 Å². The minimum absolute atomic E-state index is 0.355. The zero-order chi connectivity index (χ0) is 20.3. The van der Waals surface area contributed by atoms with Gasteiger partial charge in [0.1, 0.15) is 18.1 Å². The van der Waals surface area contributed by atoms with Crippen molar-refractivity contribution in [1.82, 2.24) is 10.6 Å². The Bertz CT molecular complexity index is 748. The lowest BCUT2D eigenvalue weighted by Crippen LogP contribution is -2.44. The monoisotopic (exact) mass is 400 g/mol. The van der Waals surface area contributed by atoms with Crippen LogP contribution < -0.4 is 20.3 Å². The molecule has 1 saturated heterocycles. The Morgan fingerprint density at radius 3 is 2.97 bits per heavy atom. The van der Waals surface area contributed by atoms with Crippen LogP contribution in [0, 0.1) is 0 Å². The van der Waals surface area contributed by atoms with E-state index in [1.54, 1.807) is 13.4 Å². The number of methoxy groups -OCH3 is 1. The van der Waals surface area contributed by atoms with Crippen LogP contribution in [-0.2, 0) is 11.3 Å². The van der Waals surface area contributed by atoms with Crippen molar-refractivity contribution in [2.24, 2.45) is 4.99 Å². The van der Waals surface area contributed by atoms with Gasteiger partial charge >= 0.3 is 0 Å². The third-order valence-corrected chi connectivity index (χ3v) is 4.84. The summed E-state index contributed by atoms with van der Waals surface area (Å²) in [6, 6.07) is 12.3. The van der Waals surface area contributed by atoms with E-state index in [1.165, 1.54) is 0 Å². The maximum absolute atomic E-state index is 5.62.